The largest absolute Gasteiger partial charge is 0.497 e. The number of thioether (sulfide) groups is 1. The van der Waals surface area contributed by atoms with E-state index in [-0.39, 0.29) is 5.91 Å². The van der Waals surface area contributed by atoms with Crippen molar-refractivity contribution in [2.24, 2.45) is 5.92 Å². The van der Waals surface area contributed by atoms with Gasteiger partial charge in [0.25, 0.3) is 0 Å². The van der Waals surface area contributed by atoms with E-state index in [1.807, 2.05) is 24.3 Å². The molecular formula is C21H23N3O2S2. The Labute approximate surface area is 172 Å². The number of hydrogen-bond donors (Lipinski definition) is 1. The van der Waals surface area contributed by atoms with Gasteiger partial charge in [-0.3, -0.25) is 4.79 Å². The summed E-state index contributed by atoms with van der Waals surface area (Å²) < 4.78 is 5.15. The molecule has 0 aliphatic heterocycles. The SMILES string of the molecule is COc1ccc(CNC(=O)CSc2ncnc3sc4c(c23)CC[C@@H](C)C4)cc1. The van der Waals surface area contributed by atoms with Crippen LogP contribution in [-0.4, -0.2) is 28.7 Å². The second kappa shape index (κ2) is 8.49. The summed E-state index contributed by atoms with van der Waals surface area (Å²) in [5.74, 6) is 1.90. The van der Waals surface area contributed by atoms with E-state index in [1.165, 1.54) is 34.0 Å². The molecule has 1 amide bonds. The van der Waals surface area contributed by atoms with Crippen LogP contribution in [0.4, 0.5) is 0 Å². The standard InChI is InChI=1S/C21H23N3O2S2/c1-13-3-8-16-17(9-13)28-21-19(16)20(23-12-24-21)27-11-18(25)22-10-14-4-6-15(26-2)7-5-14/h4-7,12-13H,3,8-11H2,1-2H3,(H,22,25)/t13-/m1/s1. The Morgan fingerprint density at radius 2 is 2.14 bits per heavy atom. The molecule has 0 bridgehead atoms. The number of benzene rings is 1. The lowest BCUT2D eigenvalue weighted by Crippen LogP contribution is -2.24. The van der Waals surface area contributed by atoms with E-state index in [0.29, 0.717) is 12.3 Å². The number of ether oxygens (including phenoxy) is 1. The molecule has 3 aromatic rings. The van der Waals surface area contributed by atoms with Gasteiger partial charge in [0.05, 0.1) is 12.9 Å². The number of carbonyl (C=O) groups excluding carboxylic acids is 1. The molecule has 1 aliphatic rings. The maximum atomic E-state index is 12.3. The summed E-state index contributed by atoms with van der Waals surface area (Å²) in [5.41, 5.74) is 2.45. The van der Waals surface area contributed by atoms with Crippen LogP contribution in [0.3, 0.4) is 0 Å². The van der Waals surface area contributed by atoms with Crippen molar-refractivity contribution >= 4 is 39.2 Å². The number of methoxy groups -OCH3 is 1. The summed E-state index contributed by atoms with van der Waals surface area (Å²) in [7, 11) is 1.64. The average Bonchev–Trinajstić information content (AvgIpc) is 3.09. The number of amides is 1. The fraction of sp³-hybridized carbons (Fsp3) is 0.381. The smallest absolute Gasteiger partial charge is 0.230 e. The van der Waals surface area contributed by atoms with Gasteiger partial charge in [0.2, 0.25) is 5.91 Å². The monoisotopic (exact) mass is 413 g/mol. The van der Waals surface area contributed by atoms with Gasteiger partial charge >= 0.3 is 0 Å². The summed E-state index contributed by atoms with van der Waals surface area (Å²) in [6.07, 6.45) is 5.04. The lowest BCUT2D eigenvalue weighted by atomic mass is 9.89. The van der Waals surface area contributed by atoms with Gasteiger partial charge in [0, 0.05) is 16.8 Å². The Kier molecular flexibility index (Phi) is 5.82. The van der Waals surface area contributed by atoms with Gasteiger partial charge < -0.3 is 10.1 Å². The van der Waals surface area contributed by atoms with E-state index in [1.54, 1.807) is 24.8 Å². The number of carbonyl (C=O) groups is 1. The first-order valence-corrected chi connectivity index (χ1v) is 11.2. The number of aromatic nitrogens is 2. The van der Waals surface area contributed by atoms with Crippen molar-refractivity contribution in [2.45, 2.75) is 37.8 Å². The summed E-state index contributed by atoms with van der Waals surface area (Å²) >= 11 is 3.29. The van der Waals surface area contributed by atoms with Gasteiger partial charge in [-0.05, 0) is 48.4 Å². The van der Waals surface area contributed by atoms with Gasteiger partial charge in [-0.2, -0.15) is 0 Å². The summed E-state index contributed by atoms with van der Waals surface area (Å²) in [4.78, 5) is 23.8. The highest BCUT2D eigenvalue weighted by atomic mass is 32.2. The number of hydrogen-bond acceptors (Lipinski definition) is 6. The average molecular weight is 414 g/mol. The Hall–Kier alpha value is -2.12. The fourth-order valence-corrected chi connectivity index (χ4v) is 5.76. The molecule has 2 aromatic heterocycles. The van der Waals surface area contributed by atoms with Crippen molar-refractivity contribution in [3.63, 3.8) is 0 Å². The van der Waals surface area contributed by atoms with E-state index in [0.717, 1.165) is 39.9 Å². The molecule has 5 nitrogen and oxygen atoms in total. The predicted octanol–water partition coefficient (Wildman–Crippen LogP) is 4.23. The summed E-state index contributed by atoms with van der Waals surface area (Å²) in [6.45, 7) is 2.82. The molecule has 28 heavy (non-hydrogen) atoms. The number of thiophene rings is 1. The Bertz CT molecular complexity index is 985. The first kappa shape index (κ1) is 19.2. The molecule has 0 fully saturated rings. The van der Waals surface area contributed by atoms with Crippen LogP contribution in [0.25, 0.3) is 10.2 Å². The normalized spacial score (nSPS) is 16.0. The highest BCUT2D eigenvalue weighted by Gasteiger charge is 2.23. The molecule has 7 heteroatoms. The van der Waals surface area contributed by atoms with E-state index in [4.69, 9.17) is 4.74 Å². The molecule has 0 spiro atoms. The van der Waals surface area contributed by atoms with Crippen LogP contribution < -0.4 is 10.1 Å². The number of aryl methyl sites for hydroxylation is 1. The quantitative estimate of drug-likeness (QED) is 0.484. The zero-order valence-corrected chi connectivity index (χ0v) is 17.7. The van der Waals surface area contributed by atoms with E-state index < -0.39 is 0 Å². The summed E-state index contributed by atoms with van der Waals surface area (Å²) in [6, 6.07) is 7.71. The van der Waals surface area contributed by atoms with E-state index in [2.05, 4.69) is 22.2 Å². The third-order valence-corrected chi connectivity index (χ3v) is 7.20. The molecule has 1 aliphatic carbocycles. The zero-order valence-electron chi connectivity index (χ0n) is 16.0. The molecule has 0 saturated carbocycles. The fourth-order valence-electron chi connectivity index (χ4n) is 3.48. The van der Waals surface area contributed by atoms with Crippen LogP contribution in [0.15, 0.2) is 35.6 Å². The predicted molar refractivity (Wildman–Crippen MR) is 114 cm³/mol. The summed E-state index contributed by atoms with van der Waals surface area (Å²) in [5, 5.41) is 5.07. The number of nitrogens with zero attached hydrogens (tertiary/aromatic N) is 2. The molecule has 1 aromatic carbocycles. The molecular weight excluding hydrogens is 390 g/mol. The van der Waals surface area contributed by atoms with Crippen molar-refractivity contribution in [2.75, 3.05) is 12.9 Å². The van der Waals surface area contributed by atoms with Gasteiger partial charge in [0.1, 0.15) is 21.9 Å². The lowest BCUT2D eigenvalue weighted by molar-refractivity contribution is -0.118. The van der Waals surface area contributed by atoms with Gasteiger partial charge in [-0.15, -0.1) is 11.3 Å². The Morgan fingerprint density at radius 3 is 2.93 bits per heavy atom. The second-order valence-electron chi connectivity index (χ2n) is 7.12. The van der Waals surface area contributed by atoms with Crippen LogP contribution in [0, 0.1) is 5.92 Å². The van der Waals surface area contributed by atoms with Crippen molar-refractivity contribution in [1.82, 2.24) is 15.3 Å². The van der Waals surface area contributed by atoms with Crippen LogP contribution in [0.1, 0.15) is 29.3 Å². The van der Waals surface area contributed by atoms with E-state index in [9.17, 15) is 4.79 Å². The molecule has 2 heterocycles. The minimum atomic E-state index is 0.00491. The zero-order chi connectivity index (χ0) is 19.5. The maximum Gasteiger partial charge on any atom is 0.230 e. The van der Waals surface area contributed by atoms with Crippen molar-refractivity contribution in [3.8, 4) is 5.75 Å². The third-order valence-electron chi connectivity index (χ3n) is 5.05. The van der Waals surface area contributed by atoms with Crippen LogP contribution in [0.5, 0.6) is 5.75 Å². The lowest BCUT2D eigenvalue weighted by Gasteiger charge is -2.18. The highest BCUT2D eigenvalue weighted by molar-refractivity contribution is 8.00. The highest BCUT2D eigenvalue weighted by Crippen LogP contribution is 2.40. The minimum Gasteiger partial charge on any atom is -0.497 e. The van der Waals surface area contributed by atoms with Crippen molar-refractivity contribution in [1.29, 1.82) is 0 Å². The molecule has 4 rings (SSSR count). The third kappa shape index (κ3) is 4.15. The van der Waals surface area contributed by atoms with E-state index >= 15 is 0 Å². The van der Waals surface area contributed by atoms with Crippen LogP contribution in [-0.2, 0) is 24.2 Å². The van der Waals surface area contributed by atoms with Crippen molar-refractivity contribution in [3.05, 3.63) is 46.6 Å². The number of nitrogens with one attached hydrogen (secondary N) is 1. The molecule has 1 atom stereocenters. The molecule has 0 radical (unpaired) electrons. The van der Waals surface area contributed by atoms with Crippen LogP contribution >= 0.6 is 23.1 Å². The maximum absolute atomic E-state index is 12.3. The topological polar surface area (TPSA) is 64.1 Å². The molecule has 0 saturated heterocycles. The molecule has 0 unspecified atom stereocenters. The molecule has 1 N–H and O–H groups in total. The Morgan fingerprint density at radius 1 is 1.32 bits per heavy atom. The van der Waals surface area contributed by atoms with Crippen LogP contribution in [0.2, 0.25) is 0 Å². The van der Waals surface area contributed by atoms with Crippen molar-refractivity contribution < 1.29 is 9.53 Å². The second-order valence-corrected chi connectivity index (χ2v) is 9.17. The molecule has 146 valence electrons. The number of rotatable bonds is 6. The first-order chi connectivity index (χ1) is 13.6. The van der Waals surface area contributed by atoms with Gasteiger partial charge in [-0.1, -0.05) is 30.8 Å². The van der Waals surface area contributed by atoms with Gasteiger partial charge in [0.15, 0.2) is 0 Å². The first-order valence-electron chi connectivity index (χ1n) is 9.41. The number of fused-ring (bicyclic) bond motifs is 3. The Balaban J connectivity index is 1.40. The van der Waals surface area contributed by atoms with Gasteiger partial charge in [-0.25, -0.2) is 9.97 Å². The minimum absolute atomic E-state index is 0.00491.